The van der Waals surface area contributed by atoms with Crippen molar-refractivity contribution in [1.29, 1.82) is 0 Å². The van der Waals surface area contributed by atoms with Gasteiger partial charge >= 0.3 is 0 Å². The minimum Gasteiger partial charge on any atom is -0.481 e. The summed E-state index contributed by atoms with van der Waals surface area (Å²) < 4.78 is 13.4. The lowest BCUT2D eigenvalue weighted by molar-refractivity contribution is -0.135. The fraction of sp³-hybridized carbons (Fsp3) is 0.444. The summed E-state index contributed by atoms with van der Waals surface area (Å²) in [7, 11) is 0. The van der Waals surface area contributed by atoms with Crippen molar-refractivity contribution in [3.8, 4) is 5.75 Å². The minimum absolute atomic E-state index is 0.0169. The Labute approximate surface area is 241 Å². The number of aromatic nitrogens is 4. The zero-order valence-corrected chi connectivity index (χ0v) is 23.6. The molecule has 1 unspecified atom stereocenters. The number of carbonyl (C=O) groups excluding carboxylic acids is 2. The van der Waals surface area contributed by atoms with Gasteiger partial charge < -0.3 is 28.7 Å². The van der Waals surface area contributed by atoms with Gasteiger partial charge in [0.1, 0.15) is 17.7 Å². The van der Waals surface area contributed by atoms with Gasteiger partial charge in [-0.15, -0.1) is 0 Å². The minimum atomic E-state index is -0.473. The number of morpholine rings is 1. The van der Waals surface area contributed by atoms with Crippen molar-refractivity contribution in [3.63, 3.8) is 0 Å². The number of carbonyl (C=O) groups is 2. The third-order valence-corrected chi connectivity index (χ3v) is 8.02. The van der Waals surface area contributed by atoms with Crippen molar-refractivity contribution >= 4 is 40.8 Å². The van der Waals surface area contributed by atoms with Crippen LogP contribution in [0.1, 0.15) is 35.9 Å². The Balaban J connectivity index is 1.24. The number of imidazole rings is 1. The maximum Gasteiger partial charge on any atom is 0.261 e. The lowest BCUT2D eigenvalue weighted by Gasteiger charge is -2.37. The fourth-order valence-electron chi connectivity index (χ4n) is 5.50. The van der Waals surface area contributed by atoms with Crippen LogP contribution in [-0.4, -0.2) is 87.1 Å². The molecular formula is C27H29Cl2N7O4. The van der Waals surface area contributed by atoms with Gasteiger partial charge in [-0.1, -0.05) is 23.2 Å². The first-order chi connectivity index (χ1) is 19.4. The molecule has 3 aromatic heterocycles. The molecule has 0 saturated carbocycles. The van der Waals surface area contributed by atoms with E-state index in [1.54, 1.807) is 35.1 Å². The molecule has 1 fully saturated rings. The van der Waals surface area contributed by atoms with Crippen molar-refractivity contribution in [2.45, 2.75) is 32.5 Å². The zero-order chi connectivity index (χ0) is 27.8. The normalized spacial score (nSPS) is 18.8. The second-order valence-electron chi connectivity index (χ2n) is 9.94. The Morgan fingerprint density at radius 1 is 1.05 bits per heavy atom. The van der Waals surface area contributed by atoms with Crippen LogP contribution >= 0.6 is 23.2 Å². The molecule has 0 N–H and O–H groups in total. The quantitative estimate of drug-likeness (QED) is 0.421. The molecule has 210 valence electrons. The molecule has 3 aromatic rings. The van der Waals surface area contributed by atoms with Crippen LogP contribution in [-0.2, 0) is 33.8 Å². The number of nitrogens with zero attached hydrogens (tertiary/aromatic N) is 7. The largest absolute Gasteiger partial charge is 0.481 e. The van der Waals surface area contributed by atoms with Crippen LogP contribution in [0, 0.1) is 0 Å². The Bertz CT molecular complexity index is 1420. The smallest absolute Gasteiger partial charge is 0.261 e. The van der Waals surface area contributed by atoms with E-state index in [0.717, 1.165) is 36.1 Å². The number of hydrogen-bond acceptors (Lipinski definition) is 8. The van der Waals surface area contributed by atoms with E-state index in [1.165, 1.54) is 0 Å². The lowest BCUT2D eigenvalue weighted by Crippen LogP contribution is -2.44. The molecule has 2 amide bonds. The average molecular weight is 586 g/mol. The molecular weight excluding hydrogens is 557 g/mol. The standard InChI is InChI=1S/C27H29Cl2N7O4/c1-17(37)34-8-9-35-23(15-34)31-20-6-7-36(25(26(20)35)19-3-2-18(28)14-30-19)24(38)16-40-21-4-5-22(32-27(21)29)33-10-12-39-13-11-33/h2-5,14,25H,6-13,15-16H2,1H3. The van der Waals surface area contributed by atoms with E-state index in [4.69, 9.17) is 37.7 Å². The van der Waals surface area contributed by atoms with E-state index in [1.807, 2.05) is 12.1 Å². The number of anilines is 1. The molecule has 3 aliphatic rings. The highest BCUT2D eigenvalue weighted by Gasteiger charge is 2.39. The molecule has 0 radical (unpaired) electrons. The zero-order valence-electron chi connectivity index (χ0n) is 22.1. The molecule has 6 rings (SSSR count). The number of pyridine rings is 2. The van der Waals surface area contributed by atoms with Crippen molar-refractivity contribution in [1.82, 2.24) is 29.3 Å². The van der Waals surface area contributed by atoms with Crippen molar-refractivity contribution in [2.24, 2.45) is 0 Å². The van der Waals surface area contributed by atoms with Gasteiger partial charge in [-0.2, -0.15) is 0 Å². The van der Waals surface area contributed by atoms with Crippen LogP contribution in [0.25, 0.3) is 0 Å². The van der Waals surface area contributed by atoms with Crippen molar-refractivity contribution in [3.05, 3.63) is 63.5 Å². The van der Waals surface area contributed by atoms with E-state index < -0.39 is 6.04 Å². The maximum absolute atomic E-state index is 13.7. The third-order valence-electron chi connectivity index (χ3n) is 7.53. The first kappa shape index (κ1) is 26.8. The Kier molecular flexibility index (Phi) is 7.52. The molecule has 3 aliphatic heterocycles. The van der Waals surface area contributed by atoms with Crippen molar-refractivity contribution in [2.75, 3.05) is 50.9 Å². The molecule has 13 heteroatoms. The molecule has 11 nitrogen and oxygen atoms in total. The molecule has 6 heterocycles. The number of amides is 2. The van der Waals surface area contributed by atoms with Crippen LogP contribution in [0.2, 0.25) is 10.2 Å². The molecule has 40 heavy (non-hydrogen) atoms. The average Bonchev–Trinajstić information content (AvgIpc) is 3.35. The van der Waals surface area contributed by atoms with Crippen LogP contribution < -0.4 is 9.64 Å². The summed E-state index contributed by atoms with van der Waals surface area (Å²) in [6.07, 6.45) is 2.17. The Morgan fingerprint density at radius 2 is 1.88 bits per heavy atom. The summed E-state index contributed by atoms with van der Waals surface area (Å²) in [6, 6.07) is 6.71. The summed E-state index contributed by atoms with van der Waals surface area (Å²) in [5, 5.41) is 0.713. The molecule has 1 saturated heterocycles. The second kappa shape index (κ2) is 11.2. The summed E-state index contributed by atoms with van der Waals surface area (Å²) in [4.78, 5) is 45.2. The van der Waals surface area contributed by atoms with Crippen LogP contribution in [0.4, 0.5) is 5.82 Å². The van der Waals surface area contributed by atoms with Gasteiger partial charge in [-0.05, 0) is 24.3 Å². The summed E-state index contributed by atoms with van der Waals surface area (Å²) >= 11 is 12.6. The molecule has 0 bridgehead atoms. The van der Waals surface area contributed by atoms with Gasteiger partial charge in [0.2, 0.25) is 5.91 Å². The summed E-state index contributed by atoms with van der Waals surface area (Å²) in [6.45, 7) is 6.17. The molecule has 0 aliphatic carbocycles. The molecule has 0 aromatic carbocycles. The van der Waals surface area contributed by atoms with E-state index in [0.29, 0.717) is 62.3 Å². The van der Waals surface area contributed by atoms with Gasteiger partial charge in [0.15, 0.2) is 17.5 Å². The Hall–Kier alpha value is -3.41. The van der Waals surface area contributed by atoms with E-state index in [2.05, 4.69) is 19.4 Å². The summed E-state index contributed by atoms with van der Waals surface area (Å²) in [5.74, 6) is 1.71. The number of hydrogen-bond donors (Lipinski definition) is 0. The lowest BCUT2D eigenvalue weighted by atomic mass is 9.98. The highest BCUT2D eigenvalue weighted by molar-refractivity contribution is 6.31. The summed E-state index contributed by atoms with van der Waals surface area (Å²) in [5.41, 5.74) is 2.52. The highest BCUT2D eigenvalue weighted by atomic mass is 35.5. The predicted octanol–water partition coefficient (Wildman–Crippen LogP) is 2.73. The molecule has 1 atom stereocenters. The van der Waals surface area contributed by atoms with Crippen LogP contribution in [0.5, 0.6) is 5.75 Å². The Morgan fingerprint density at radius 3 is 2.60 bits per heavy atom. The third kappa shape index (κ3) is 5.21. The number of rotatable bonds is 5. The molecule has 0 spiro atoms. The van der Waals surface area contributed by atoms with Gasteiger partial charge in [0, 0.05) is 52.3 Å². The van der Waals surface area contributed by atoms with Gasteiger partial charge in [0.25, 0.3) is 5.91 Å². The highest BCUT2D eigenvalue weighted by Crippen LogP contribution is 2.37. The van der Waals surface area contributed by atoms with Gasteiger partial charge in [-0.3, -0.25) is 14.6 Å². The SMILES string of the molecule is CC(=O)N1CCn2c(nc3c2C(c2ccc(Cl)cn2)N(C(=O)COc2ccc(N4CCOCC4)nc2Cl)CC3)C1. The van der Waals surface area contributed by atoms with E-state index in [9.17, 15) is 9.59 Å². The first-order valence-electron chi connectivity index (χ1n) is 13.3. The van der Waals surface area contributed by atoms with Gasteiger partial charge in [0.05, 0.1) is 41.9 Å². The number of ether oxygens (including phenoxy) is 2. The van der Waals surface area contributed by atoms with Crippen LogP contribution in [0.15, 0.2) is 30.5 Å². The van der Waals surface area contributed by atoms with E-state index in [-0.39, 0.29) is 23.6 Å². The second-order valence-corrected chi connectivity index (χ2v) is 10.7. The maximum atomic E-state index is 13.7. The van der Waals surface area contributed by atoms with Crippen LogP contribution in [0.3, 0.4) is 0 Å². The number of fused-ring (bicyclic) bond motifs is 3. The predicted molar refractivity (Wildman–Crippen MR) is 148 cm³/mol. The fourth-order valence-corrected chi connectivity index (χ4v) is 5.81. The topological polar surface area (TPSA) is 106 Å². The van der Waals surface area contributed by atoms with E-state index >= 15 is 0 Å². The van der Waals surface area contributed by atoms with Gasteiger partial charge in [-0.25, -0.2) is 9.97 Å². The first-order valence-corrected chi connectivity index (χ1v) is 14.0. The monoisotopic (exact) mass is 585 g/mol. The van der Waals surface area contributed by atoms with Crippen molar-refractivity contribution < 1.29 is 19.1 Å². The number of halogens is 2.